The minimum absolute atomic E-state index is 0. The summed E-state index contributed by atoms with van der Waals surface area (Å²) in [5.41, 5.74) is 0.766. The number of amides is 3. The molecular formula is C19H29ClN4O2S. The Bertz CT molecular complexity index is 599. The molecule has 1 aromatic rings. The normalized spacial score (nSPS) is 22.4. The van der Waals surface area contributed by atoms with Crippen LogP contribution in [0, 0.1) is 0 Å². The third-order valence-corrected chi connectivity index (χ3v) is 6.03. The van der Waals surface area contributed by atoms with Crippen molar-refractivity contribution in [3.63, 3.8) is 0 Å². The van der Waals surface area contributed by atoms with Crippen LogP contribution in [0.3, 0.4) is 0 Å². The number of thioether (sulfide) groups is 1. The molecule has 2 saturated heterocycles. The first-order valence-corrected chi connectivity index (χ1v) is 10.6. The smallest absolute Gasteiger partial charge is 0.319 e. The molecule has 0 spiro atoms. The average Bonchev–Trinajstić information content (AvgIpc) is 2.68. The second-order valence-corrected chi connectivity index (χ2v) is 8.02. The lowest BCUT2D eigenvalue weighted by Crippen LogP contribution is -2.51. The SMILES string of the molecule is Cl.O=C(NCC1CCCCN1C(=O)CC1CSCCN1)Nc1ccccc1. The van der Waals surface area contributed by atoms with Crippen molar-refractivity contribution in [1.29, 1.82) is 0 Å². The van der Waals surface area contributed by atoms with Crippen LogP contribution in [0.25, 0.3) is 0 Å². The van der Waals surface area contributed by atoms with E-state index >= 15 is 0 Å². The minimum atomic E-state index is -0.223. The Morgan fingerprint density at radius 1 is 1.22 bits per heavy atom. The van der Waals surface area contributed by atoms with Gasteiger partial charge in [0, 0.05) is 55.3 Å². The van der Waals surface area contributed by atoms with Gasteiger partial charge in [-0.05, 0) is 31.4 Å². The molecule has 0 bridgehead atoms. The van der Waals surface area contributed by atoms with E-state index in [4.69, 9.17) is 0 Å². The summed E-state index contributed by atoms with van der Waals surface area (Å²) in [7, 11) is 0. The molecule has 2 fully saturated rings. The highest BCUT2D eigenvalue weighted by Crippen LogP contribution is 2.19. The molecule has 8 heteroatoms. The Balaban J connectivity index is 0.00000261. The van der Waals surface area contributed by atoms with E-state index in [9.17, 15) is 9.59 Å². The van der Waals surface area contributed by atoms with Gasteiger partial charge in [0.15, 0.2) is 0 Å². The molecule has 0 saturated carbocycles. The molecule has 2 atom stereocenters. The number of carbonyl (C=O) groups is 2. The van der Waals surface area contributed by atoms with Crippen LogP contribution in [0.4, 0.5) is 10.5 Å². The number of piperidine rings is 1. The predicted octanol–water partition coefficient (Wildman–Crippen LogP) is 2.71. The average molecular weight is 413 g/mol. The van der Waals surface area contributed by atoms with Gasteiger partial charge in [-0.2, -0.15) is 11.8 Å². The Kier molecular flexibility index (Phi) is 9.24. The first kappa shape index (κ1) is 21.9. The quantitative estimate of drug-likeness (QED) is 0.695. The van der Waals surface area contributed by atoms with Gasteiger partial charge < -0.3 is 20.9 Å². The molecule has 27 heavy (non-hydrogen) atoms. The van der Waals surface area contributed by atoms with E-state index in [-0.39, 0.29) is 36.4 Å². The van der Waals surface area contributed by atoms with E-state index in [2.05, 4.69) is 16.0 Å². The summed E-state index contributed by atoms with van der Waals surface area (Å²) in [6.07, 6.45) is 3.66. The second kappa shape index (κ2) is 11.4. The fourth-order valence-corrected chi connectivity index (χ4v) is 4.48. The number of likely N-dealkylation sites (tertiary alicyclic amines) is 1. The van der Waals surface area contributed by atoms with E-state index in [0.29, 0.717) is 13.0 Å². The molecule has 6 nitrogen and oxygen atoms in total. The van der Waals surface area contributed by atoms with Crippen LogP contribution in [0.5, 0.6) is 0 Å². The third-order valence-electron chi connectivity index (χ3n) is 4.90. The number of nitrogens with zero attached hydrogens (tertiary/aromatic N) is 1. The van der Waals surface area contributed by atoms with E-state index in [1.54, 1.807) is 0 Å². The number of hydrogen-bond donors (Lipinski definition) is 3. The first-order valence-electron chi connectivity index (χ1n) is 9.43. The maximum absolute atomic E-state index is 12.8. The zero-order valence-corrected chi connectivity index (χ0v) is 17.1. The highest BCUT2D eigenvalue weighted by Gasteiger charge is 2.29. The number of rotatable bonds is 5. The van der Waals surface area contributed by atoms with E-state index in [0.717, 1.165) is 49.5 Å². The standard InChI is InChI=1S/C19H28N4O2S.ClH/c24-18(12-16-14-26-11-9-20-16)23-10-5-4-8-17(23)13-21-19(25)22-15-6-2-1-3-7-15;/h1-3,6-7,16-17,20H,4-5,8-14H2,(H2,21,22,25);1H. The maximum atomic E-state index is 12.8. The lowest BCUT2D eigenvalue weighted by atomic mass is 10.0. The molecular weight excluding hydrogens is 384 g/mol. The van der Waals surface area contributed by atoms with E-state index in [1.807, 2.05) is 47.0 Å². The van der Waals surface area contributed by atoms with Crippen LogP contribution < -0.4 is 16.0 Å². The molecule has 1 aromatic carbocycles. The van der Waals surface area contributed by atoms with Gasteiger partial charge in [0.05, 0.1) is 0 Å². The van der Waals surface area contributed by atoms with Gasteiger partial charge in [-0.25, -0.2) is 4.79 Å². The van der Waals surface area contributed by atoms with Gasteiger partial charge in [0.2, 0.25) is 5.91 Å². The third kappa shape index (κ3) is 6.90. The summed E-state index contributed by atoms with van der Waals surface area (Å²) in [6.45, 7) is 2.27. The number of nitrogens with one attached hydrogen (secondary N) is 3. The van der Waals surface area contributed by atoms with Crippen LogP contribution in [0.15, 0.2) is 30.3 Å². The number of carbonyl (C=O) groups excluding carboxylic acids is 2. The molecule has 2 aliphatic rings. The fraction of sp³-hybridized carbons (Fsp3) is 0.579. The Morgan fingerprint density at radius 3 is 2.78 bits per heavy atom. The number of anilines is 1. The summed E-state index contributed by atoms with van der Waals surface area (Å²) in [5, 5.41) is 9.18. The molecule has 150 valence electrons. The number of hydrogen-bond acceptors (Lipinski definition) is 4. The van der Waals surface area contributed by atoms with Crippen LogP contribution in [0.2, 0.25) is 0 Å². The van der Waals surface area contributed by atoms with Crippen molar-refractivity contribution < 1.29 is 9.59 Å². The lowest BCUT2D eigenvalue weighted by molar-refractivity contribution is -0.135. The Labute approximate surface area is 171 Å². The second-order valence-electron chi connectivity index (χ2n) is 6.87. The van der Waals surface area contributed by atoms with Crippen molar-refractivity contribution >= 4 is 41.8 Å². The van der Waals surface area contributed by atoms with E-state index < -0.39 is 0 Å². The number of para-hydroxylation sites is 1. The van der Waals surface area contributed by atoms with Crippen LogP contribution in [-0.2, 0) is 4.79 Å². The zero-order valence-electron chi connectivity index (χ0n) is 15.5. The highest BCUT2D eigenvalue weighted by atomic mass is 35.5. The van der Waals surface area contributed by atoms with Crippen molar-refractivity contribution in [2.24, 2.45) is 0 Å². The van der Waals surface area contributed by atoms with Crippen LogP contribution in [-0.4, -0.2) is 60.1 Å². The number of urea groups is 1. The topological polar surface area (TPSA) is 73.5 Å². The highest BCUT2D eigenvalue weighted by molar-refractivity contribution is 7.99. The maximum Gasteiger partial charge on any atom is 0.319 e. The van der Waals surface area contributed by atoms with E-state index in [1.165, 1.54) is 0 Å². The molecule has 0 aromatic heterocycles. The van der Waals surface area contributed by atoms with Crippen molar-refractivity contribution in [1.82, 2.24) is 15.5 Å². The summed E-state index contributed by atoms with van der Waals surface area (Å²) < 4.78 is 0. The summed E-state index contributed by atoms with van der Waals surface area (Å²) in [6, 6.07) is 9.53. The Morgan fingerprint density at radius 2 is 2.04 bits per heavy atom. The van der Waals surface area contributed by atoms with Crippen molar-refractivity contribution in [3.05, 3.63) is 30.3 Å². The molecule has 3 N–H and O–H groups in total. The molecule has 3 rings (SSSR count). The molecule has 0 aliphatic carbocycles. The predicted molar refractivity (Wildman–Crippen MR) is 114 cm³/mol. The fourth-order valence-electron chi connectivity index (χ4n) is 3.53. The number of benzene rings is 1. The Hall–Kier alpha value is -1.44. The van der Waals surface area contributed by atoms with Gasteiger partial charge in [-0.1, -0.05) is 18.2 Å². The van der Waals surface area contributed by atoms with Gasteiger partial charge in [0.1, 0.15) is 0 Å². The van der Waals surface area contributed by atoms with Gasteiger partial charge in [-0.15, -0.1) is 12.4 Å². The van der Waals surface area contributed by atoms with Crippen LogP contribution in [0.1, 0.15) is 25.7 Å². The van der Waals surface area contributed by atoms with Crippen molar-refractivity contribution in [2.45, 2.75) is 37.8 Å². The summed E-state index contributed by atoms with van der Waals surface area (Å²) >= 11 is 1.91. The summed E-state index contributed by atoms with van der Waals surface area (Å²) in [5.74, 6) is 2.33. The molecule has 2 unspecified atom stereocenters. The largest absolute Gasteiger partial charge is 0.338 e. The number of halogens is 1. The van der Waals surface area contributed by atoms with Crippen molar-refractivity contribution in [2.75, 3.05) is 36.5 Å². The van der Waals surface area contributed by atoms with Gasteiger partial charge in [-0.3, -0.25) is 4.79 Å². The molecule has 2 heterocycles. The molecule has 0 radical (unpaired) electrons. The zero-order chi connectivity index (χ0) is 18.2. The van der Waals surface area contributed by atoms with Gasteiger partial charge >= 0.3 is 6.03 Å². The lowest BCUT2D eigenvalue weighted by Gasteiger charge is -2.37. The van der Waals surface area contributed by atoms with Crippen LogP contribution >= 0.6 is 24.2 Å². The molecule has 2 aliphatic heterocycles. The monoisotopic (exact) mass is 412 g/mol. The molecule has 3 amide bonds. The first-order chi connectivity index (χ1) is 12.7. The minimum Gasteiger partial charge on any atom is -0.338 e. The summed E-state index contributed by atoms with van der Waals surface area (Å²) in [4.78, 5) is 26.9. The van der Waals surface area contributed by atoms with Gasteiger partial charge in [0.25, 0.3) is 0 Å². The van der Waals surface area contributed by atoms with Crippen molar-refractivity contribution in [3.8, 4) is 0 Å².